The summed E-state index contributed by atoms with van der Waals surface area (Å²) in [5.74, 6) is 0.378. The van der Waals surface area contributed by atoms with Crippen LogP contribution in [0.1, 0.15) is 21.7 Å². The van der Waals surface area contributed by atoms with Crippen molar-refractivity contribution in [3.05, 3.63) is 64.3 Å². The van der Waals surface area contributed by atoms with Gasteiger partial charge in [0.2, 0.25) is 5.95 Å². The fraction of sp³-hybridized carbons (Fsp3) is 0.263. The summed E-state index contributed by atoms with van der Waals surface area (Å²) in [6.07, 6.45) is 2.81. The van der Waals surface area contributed by atoms with Crippen LogP contribution in [0, 0.1) is 6.92 Å². The highest BCUT2D eigenvalue weighted by atomic mass is 32.1. The molecule has 0 spiro atoms. The van der Waals surface area contributed by atoms with E-state index in [0.29, 0.717) is 5.95 Å². The number of aryl methyl sites for hydroxylation is 1. The lowest BCUT2D eigenvalue weighted by Gasteiger charge is -2.27. The summed E-state index contributed by atoms with van der Waals surface area (Å²) < 4.78 is 0. The summed E-state index contributed by atoms with van der Waals surface area (Å²) in [6.45, 7) is 5.02. The third-order valence-electron chi connectivity index (χ3n) is 4.38. The van der Waals surface area contributed by atoms with Gasteiger partial charge in [-0.15, -0.1) is 11.3 Å². The number of anilines is 1. The molecule has 122 valence electrons. The number of nitrogens with two attached hydrogens (primary N) is 1. The molecule has 5 heteroatoms. The number of nitrogen functional groups attached to an aromatic ring is 1. The van der Waals surface area contributed by atoms with Gasteiger partial charge in [-0.3, -0.25) is 4.90 Å². The number of fused-ring (bicyclic) bond motifs is 1. The minimum atomic E-state index is 0.378. The number of hydrogen-bond acceptors (Lipinski definition) is 5. The van der Waals surface area contributed by atoms with E-state index in [1.54, 1.807) is 0 Å². The topological polar surface area (TPSA) is 55.0 Å². The van der Waals surface area contributed by atoms with E-state index in [4.69, 9.17) is 5.73 Å². The molecule has 0 aliphatic carbocycles. The number of nitrogens with zero attached hydrogens (tertiary/aromatic N) is 3. The Morgan fingerprint density at radius 2 is 2.17 bits per heavy atom. The zero-order valence-electron chi connectivity index (χ0n) is 13.7. The number of aromatic nitrogens is 2. The van der Waals surface area contributed by atoms with Crippen molar-refractivity contribution in [3.8, 4) is 10.4 Å². The molecule has 0 unspecified atom stereocenters. The molecule has 2 aromatic heterocycles. The predicted molar refractivity (Wildman–Crippen MR) is 98.8 cm³/mol. The van der Waals surface area contributed by atoms with Crippen molar-refractivity contribution in [1.82, 2.24) is 14.9 Å². The van der Waals surface area contributed by atoms with Gasteiger partial charge in [0, 0.05) is 47.6 Å². The van der Waals surface area contributed by atoms with Crippen molar-refractivity contribution in [2.24, 2.45) is 0 Å². The average molecular weight is 336 g/mol. The summed E-state index contributed by atoms with van der Waals surface area (Å²) >= 11 is 1.88. The smallest absolute Gasteiger partial charge is 0.220 e. The molecule has 0 bridgehead atoms. The fourth-order valence-corrected chi connectivity index (χ4v) is 4.21. The van der Waals surface area contributed by atoms with Gasteiger partial charge in [-0.2, -0.15) is 0 Å². The molecule has 3 aromatic rings. The van der Waals surface area contributed by atoms with E-state index >= 15 is 0 Å². The maximum absolute atomic E-state index is 5.67. The molecule has 3 heterocycles. The standard InChI is InChI=1S/C19H20N4S/c1-13-3-2-4-14(9-13)18-6-5-16(24-18)12-23-8-7-17-15(11-23)10-21-19(20)22-17/h2-6,9-10H,7-8,11-12H2,1H3,(H2,20,21,22). The summed E-state index contributed by atoms with van der Waals surface area (Å²) in [6, 6.07) is 13.2. The number of thiophene rings is 1. The second kappa shape index (κ2) is 6.34. The SMILES string of the molecule is Cc1cccc(-c2ccc(CN3CCc4nc(N)ncc4C3)s2)c1. The van der Waals surface area contributed by atoms with Crippen molar-refractivity contribution < 1.29 is 0 Å². The van der Waals surface area contributed by atoms with Crippen LogP contribution < -0.4 is 5.73 Å². The van der Waals surface area contributed by atoms with Crippen molar-refractivity contribution in [2.45, 2.75) is 26.4 Å². The molecule has 1 aliphatic heterocycles. The average Bonchev–Trinajstić information content (AvgIpc) is 3.03. The second-order valence-electron chi connectivity index (χ2n) is 6.30. The Bertz CT molecular complexity index is 871. The quantitative estimate of drug-likeness (QED) is 0.793. The van der Waals surface area contributed by atoms with Crippen LogP contribution in [-0.2, 0) is 19.5 Å². The van der Waals surface area contributed by atoms with Gasteiger partial charge in [-0.25, -0.2) is 9.97 Å². The number of benzene rings is 1. The highest BCUT2D eigenvalue weighted by Gasteiger charge is 2.18. The lowest BCUT2D eigenvalue weighted by molar-refractivity contribution is 0.245. The van der Waals surface area contributed by atoms with E-state index in [9.17, 15) is 0 Å². The first-order chi connectivity index (χ1) is 11.7. The predicted octanol–water partition coefficient (Wildman–Crippen LogP) is 3.65. The molecular formula is C19H20N4S. The van der Waals surface area contributed by atoms with Crippen LogP contribution in [0.2, 0.25) is 0 Å². The van der Waals surface area contributed by atoms with Gasteiger partial charge in [0.15, 0.2) is 0 Å². The van der Waals surface area contributed by atoms with Crippen molar-refractivity contribution >= 4 is 17.3 Å². The summed E-state index contributed by atoms with van der Waals surface area (Å²) in [4.78, 5) is 13.7. The minimum Gasteiger partial charge on any atom is -0.368 e. The molecule has 0 radical (unpaired) electrons. The molecule has 0 saturated heterocycles. The van der Waals surface area contributed by atoms with E-state index in [1.165, 1.54) is 26.4 Å². The molecule has 2 N–H and O–H groups in total. The van der Waals surface area contributed by atoms with Gasteiger partial charge in [-0.1, -0.05) is 29.8 Å². The maximum atomic E-state index is 5.67. The molecule has 24 heavy (non-hydrogen) atoms. The van der Waals surface area contributed by atoms with Crippen LogP contribution in [0.15, 0.2) is 42.6 Å². The Kier molecular flexibility index (Phi) is 4.04. The summed E-state index contributed by atoms with van der Waals surface area (Å²) in [7, 11) is 0. The van der Waals surface area contributed by atoms with Crippen molar-refractivity contribution in [3.63, 3.8) is 0 Å². The largest absolute Gasteiger partial charge is 0.368 e. The normalized spacial score (nSPS) is 14.5. The molecule has 0 amide bonds. The molecule has 0 saturated carbocycles. The maximum Gasteiger partial charge on any atom is 0.220 e. The van der Waals surface area contributed by atoms with E-state index in [0.717, 1.165) is 31.7 Å². The Balaban J connectivity index is 1.48. The first kappa shape index (κ1) is 15.3. The van der Waals surface area contributed by atoms with Crippen LogP contribution in [0.5, 0.6) is 0 Å². The van der Waals surface area contributed by atoms with E-state index in [1.807, 2.05) is 17.5 Å². The Morgan fingerprint density at radius 3 is 3.04 bits per heavy atom. The minimum absolute atomic E-state index is 0.378. The summed E-state index contributed by atoms with van der Waals surface area (Å²) in [5.41, 5.74) is 10.6. The molecular weight excluding hydrogens is 316 g/mol. The van der Waals surface area contributed by atoms with Gasteiger partial charge in [0.05, 0.1) is 5.69 Å². The molecule has 0 fully saturated rings. The van der Waals surface area contributed by atoms with Gasteiger partial charge in [0.25, 0.3) is 0 Å². The van der Waals surface area contributed by atoms with Gasteiger partial charge in [0.1, 0.15) is 0 Å². The van der Waals surface area contributed by atoms with E-state index in [2.05, 4.69) is 58.2 Å². The van der Waals surface area contributed by atoms with Crippen LogP contribution in [0.4, 0.5) is 5.95 Å². The highest BCUT2D eigenvalue weighted by Crippen LogP contribution is 2.30. The number of hydrogen-bond donors (Lipinski definition) is 1. The molecule has 0 atom stereocenters. The van der Waals surface area contributed by atoms with Gasteiger partial charge < -0.3 is 5.73 Å². The van der Waals surface area contributed by atoms with Crippen molar-refractivity contribution in [1.29, 1.82) is 0 Å². The van der Waals surface area contributed by atoms with Crippen LogP contribution in [-0.4, -0.2) is 21.4 Å². The molecule has 1 aliphatic rings. The fourth-order valence-electron chi connectivity index (χ4n) is 3.16. The highest BCUT2D eigenvalue weighted by molar-refractivity contribution is 7.15. The molecule has 1 aromatic carbocycles. The van der Waals surface area contributed by atoms with Gasteiger partial charge >= 0.3 is 0 Å². The monoisotopic (exact) mass is 336 g/mol. The zero-order valence-corrected chi connectivity index (χ0v) is 14.5. The van der Waals surface area contributed by atoms with Crippen molar-refractivity contribution in [2.75, 3.05) is 12.3 Å². The first-order valence-electron chi connectivity index (χ1n) is 8.16. The molecule has 4 nitrogen and oxygen atoms in total. The lowest BCUT2D eigenvalue weighted by atomic mass is 10.1. The van der Waals surface area contributed by atoms with E-state index < -0.39 is 0 Å². The summed E-state index contributed by atoms with van der Waals surface area (Å²) in [5, 5.41) is 0. The molecule has 4 rings (SSSR count). The van der Waals surface area contributed by atoms with Crippen LogP contribution >= 0.6 is 11.3 Å². The Morgan fingerprint density at radius 1 is 1.25 bits per heavy atom. The number of rotatable bonds is 3. The van der Waals surface area contributed by atoms with E-state index in [-0.39, 0.29) is 0 Å². The third kappa shape index (κ3) is 3.18. The first-order valence-corrected chi connectivity index (χ1v) is 8.97. The van der Waals surface area contributed by atoms with Crippen LogP contribution in [0.25, 0.3) is 10.4 Å². The Hall–Kier alpha value is -2.24. The Labute approximate surface area is 146 Å². The third-order valence-corrected chi connectivity index (χ3v) is 5.49. The van der Waals surface area contributed by atoms with Crippen LogP contribution in [0.3, 0.4) is 0 Å². The second-order valence-corrected chi connectivity index (χ2v) is 7.46. The van der Waals surface area contributed by atoms with Gasteiger partial charge in [-0.05, 0) is 24.6 Å². The lowest BCUT2D eigenvalue weighted by Crippen LogP contribution is -2.30. The zero-order chi connectivity index (χ0) is 16.5.